The highest BCUT2D eigenvalue weighted by Crippen LogP contribution is 2.20. The Morgan fingerprint density at radius 1 is 1.33 bits per heavy atom. The van der Waals surface area contributed by atoms with E-state index in [4.69, 9.17) is 0 Å². The van der Waals surface area contributed by atoms with Gasteiger partial charge in [0.25, 0.3) is 0 Å². The molecule has 2 unspecified atom stereocenters. The van der Waals surface area contributed by atoms with Gasteiger partial charge in [0.15, 0.2) is 0 Å². The summed E-state index contributed by atoms with van der Waals surface area (Å²) in [6.07, 6.45) is 5.58. The molecule has 0 amide bonds. The molecule has 2 nitrogen and oxygen atoms in total. The van der Waals surface area contributed by atoms with Gasteiger partial charge in [0.05, 0.1) is 0 Å². The third kappa shape index (κ3) is 2.20. The molecule has 1 aliphatic carbocycles. The Morgan fingerprint density at radius 2 is 2.17 bits per heavy atom. The molecule has 0 aromatic rings. The van der Waals surface area contributed by atoms with Crippen LogP contribution in [-0.4, -0.2) is 25.2 Å². The van der Waals surface area contributed by atoms with E-state index in [1.165, 1.54) is 38.8 Å². The molecule has 70 valence electrons. The maximum atomic E-state index is 3.59. The molecule has 2 aliphatic rings. The van der Waals surface area contributed by atoms with Gasteiger partial charge in [0.2, 0.25) is 0 Å². The molecule has 2 N–H and O–H groups in total. The fourth-order valence-electron chi connectivity index (χ4n) is 1.97. The molecule has 0 aromatic heterocycles. The first-order valence-corrected chi connectivity index (χ1v) is 5.33. The van der Waals surface area contributed by atoms with E-state index in [0.29, 0.717) is 0 Å². The van der Waals surface area contributed by atoms with Crippen molar-refractivity contribution in [3.63, 3.8) is 0 Å². The lowest BCUT2D eigenvalue weighted by Gasteiger charge is -2.30. The molecule has 1 saturated heterocycles. The van der Waals surface area contributed by atoms with Crippen LogP contribution in [0.25, 0.3) is 0 Å². The quantitative estimate of drug-likeness (QED) is 0.660. The van der Waals surface area contributed by atoms with Crippen molar-refractivity contribution in [2.24, 2.45) is 5.92 Å². The summed E-state index contributed by atoms with van der Waals surface area (Å²) in [5.41, 5.74) is 0. The highest BCUT2D eigenvalue weighted by Gasteiger charge is 2.25. The first-order valence-electron chi connectivity index (χ1n) is 5.33. The zero-order chi connectivity index (χ0) is 8.39. The van der Waals surface area contributed by atoms with Crippen LogP contribution in [0.4, 0.5) is 0 Å². The van der Waals surface area contributed by atoms with E-state index in [0.717, 1.165) is 18.0 Å². The van der Waals surface area contributed by atoms with E-state index in [9.17, 15) is 0 Å². The first kappa shape index (κ1) is 8.52. The molecule has 1 heterocycles. The summed E-state index contributed by atoms with van der Waals surface area (Å²) < 4.78 is 0. The number of rotatable bonds is 3. The molecule has 1 aliphatic heterocycles. The van der Waals surface area contributed by atoms with Gasteiger partial charge < -0.3 is 10.6 Å². The van der Waals surface area contributed by atoms with Gasteiger partial charge in [-0.25, -0.2) is 0 Å². The third-order valence-electron chi connectivity index (χ3n) is 3.13. The average molecular weight is 168 g/mol. The van der Waals surface area contributed by atoms with Crippen LogP contribution in [0.5, 0.6) is 0 Å². The van der Waals surface area contributed by atoms with E-state index in [1.807, 2.05) is 0 Å². The fourth-order valence-corrected chi connectivity index (χ4v) is 1.97. The monoisotopic (exact) mass is 168 g/mol. The van der Waals surface area contributed by atoms with Crippen LogP contribution in [0.15, 0.2) is 0 Å². The predicted octanol–water partition coefficient (Wildman–Crippen LogP) is 1.13. The van der Waals surface area contributed by atoms with Crippen LogP contribution in [0.2, 0.25) is 0 Å². The van der Waals surface area contributed by atoms with Crippen molar-refractivity contribution in [2.75, 3.05) is 13.1 Å². The molecule has 2 rings (SSSR count). The van der Waals surface area contributed by atoms with E-state index in [1.54, 1.807) is 0 Å². The van der Waals surface area contributed by atoms with E-state index in [-0.39, 0.29) is 0 Å². The minimum Gasteiger partial charge on any atom is -0.312 e. The summed E-state index contributed by atoms with van der Waals surface area (Å²) in [6.45, 7) is 4.78. The van der Waals surface area contributed by atoms with Crippen molar-refractivity contribution in [3.8, 4) is 0 Å². The molecule has 0 bridgehead atoms. The highest BCUT2D eigenvalue weighted by atomic mass is 15.0. The van der Waals surface area contributed by atoms with Gasteiger partial charge in [0.1, 0.15) is 0 Å². The number of piperidine rings is 1. The van der Waals surface area contributed by atoms with E-state index >= 15 is 0 Å². The van der Waals surface area contributed by atoms with Gasteiger partial charge in [-0.05, 0) is 38.1 Å². The van der Waals surface area contributed by atoms with Gasteiger partial charge in [-0.3, -0.25) is 0 Å². The molecule has 1 saturated carbocycles. The predicted molar refractivity (Wildman–Crippen MR) is 51.2 cm³/mol. The third-order valence-corrected chi connectivity index (χ3v) is 3.13. The standard InChI is InChI=1S/C10H20N2/c1-8-3-2-6-11-10(8)7-12-9-4-5-9/h8-12H,2-7H2,1H3. The number of hydrogen-bond donors (Lipinski definition) is 2. The molecule has 0 aromatic carbocycles. The highest BCUT2D eigenvalue weighted by molar-refractivity contribution is 4.86. The fraction of sp³-hybridized carbons (Fsp3) is 1.00. The molecule has 0 radical (unpaired) electrons. The van der Waals surface area contributed by atoms with Crippen molar-refractivity contribution < 1.29 is 0 Å². The summed E-state index contributed by atoms with van der Waals surface area (Å²) in [7, 11) is 0. The number of hydrogen-bond acceptors (Lipinski definition) is 2. The Labute approximate surface area is 75.1 Å². The van der Waals surface area contributed by atoms with Crippen molar-refractivity contribution in [1.29, 1.82) is 0 Å². The smallest absolute Gasteiger partial charge is 0.0218 e. The molecule has 2 fully saturated rings. The Balaban J connectivity index is 1.68. The second kappa shape index (κ2) is 3.75. The summed E-state index contributed by atoms with van der Waals surface area (Å²) in [6, 6.07) is 1.60. The van der Waals surface area contributed by atoms with Gasteiger partial charge >= 0.3 is 0 Å². The SMILES string of the molecule is CC1CCCNC1CNC1CC1. The molecule has 2 atom stereocenters. The van der Waals surface area contributed by atoms with Crippen LogP contribution >= 0.6 is 0 Å². The van der Waals surface area contributed by atoms with Crippen molar-refractivity contribution in [1.82, 2.24) is 10.6 Å². The summed E-state index contributed by atoms with van der Waals surface area (Å²) >= 11 is 0. The number of nitrogens with one attached hydrogen (secondary N) is 2. The maximum Gasteiger partial charge on any atom is 0.0218 e. The Morgan fingerprint density at radius 3 is 2.83 bits per heavy atom. The zero-order valence-electron chi connectivity index (χ0n) is 7.97. The van der Waals surface area contributed by atoms with Gasteiger partial charge in [-0.1, -0.05) is 6.92 Å². The Bertz CT molecular complexity index is 143. The normalized spacial score (nSPS) is 36.8. The average Bonchev–Trinajstić information content (AvgIpc) is 2.86. The summed E-state index contributed by atoms with van der Waals surface area (Å²) in [4.78, 5) is 0. The van der Waals surface area contributed by atoms with Crippen LogP contribution in [0.3, 0.4) is 0 Å². The molecule has 0 spiro atoms. The first-order chi connectivity index (χ1) is 5.86. The molecule has 12 heavy (non-hydrogen) atoms. The summed E-state index contributed by atoms with van der Waals surface area (Å²) in [5.74, 6) is 0.866. The molecular formula is C10H20N2. The van der Waals surface area contributed by atoms with Gasteiger partial charge in [-0.15, -0.1) is 0 Å². The molecular weight excluding hydrogens is 148 g/mol. The van der Waals surface area contributed by atoms with Crippen LogP contribution in [-0.2, 0) is 0 Å². The Hall–Kier alpha value is -0.0800. The van der Waals surface area contributed by atoms with Gasteiger partial charge in [-0.2, -0.15) is 0 Å². The van der Waals surface area contributed by atoms with Crippen molar-refractivity contribution in [2.45, 2.75) is 44.7 Å². The van der Waals surface area contributed by atoms with Gasteiger partial charge in [0, 0.05) is 18.6 Å². The van der Waals surface area contributed by atoms with Crippen LogP contribution in [0.1, 0.15) is 32.6 Å². The zero-order valence-corrected chi connectivity index (χ0v) is 7.97. The lowest BCUT2D eigenvalue weighted by Crippen LogP contribution is -2.47. The lowest BCUT2D eigenvalue weighted by molar-refractivity contribution is 0.290. The molecule has 2 heteroatoms. The second-order valence-corrected chi connectivity index (χ2v) is 4.36. The minimum absolute atomic E-state index is 0.736. The topological polar surface area (TPSA) is 24.1 Å². The second-order valence-electron chi connectivity index (χ2n) is 4.36. The van der Waals surface area contributed by atoms with E-state index < -0.39 is 0 Å². The summed E-state index contributed by atoms with van der Waals surface area (Å²) in [5, 5.41) is 7.18. The minimum atomic E-state index is 0.736. The van der Waals surface area contributed by atoms with E-state index in [2.05, 4.69) is 17.6 Å². The van der Waals surface area contributed by atoms with Crippen LogP contribution < -0.4 is 10.6 Å². The van der Waals surface area contributed by atoms with Crippen molar-refractivity contribution in [3.05, 3.63) is 0 Å². The maximum absolute atomic E-state index is 3.59. The van der Waals surface area contributed by atoms with Crippen molar-refractivity contribution >= 4 is 0 Å². The largest absolute Gasteiger partial charge is 0.312 e. The van der Waals surface area contributed by atoms with Crippen LogP contribution in [0, 0.1) is 5.92 Å². The lowest BCUT2D eigenvalue weighted by atomic mass is 9.93. The Kier molecular flexibility index (Phi) is 2.66.